The van der Waals surface area contributed by atoms with Crippen LogP contribution >= 0.6 is 23.5 Å². The maximum absolute atomic E-state index is 14.7. The molecule has 2 amide bonds. The lowest BCUT2D eigenvalue weighted by molar-refractivity contribution is -0.121. The van der Waals surface area contributed by atoms with E-state index in [1.807, 2.05) is 24.3 Å². The quantitative estimate of drug-likeness (QED) is 0.0206. The molecule has 2 unspecified atom stereocenters. The number of hydrogen-bond acceptors (Lipinski definition) is 18. The molecule has 0 bridgehead atoms. The zero-order valence-electron chi connectivity index (χ0n) is 49.8. The molecule has 6 atom stereocenters. The number of allylic oxidation sites excluding steroid dienone is 2. The van der Waals surface area contributed by atoms with E-state index in [0.717, 1.165) is 72.9 Å². The van der Waals surface area contributed by atoms with Gasteiger partial charge in [-0.1, -0.05) is 37.1 Å². The van der Waals surface area contributed by atoms with Gasteiger partial charge in [0.25, 0.3) is 11.5 Å². The highest BCUT2D eigenvalue weighted by Crippen LogP contribution is 2.66. The topological polar surface area (TPSA) is 376 Å². The van der Waals surface area contributed by atoms with E-state index in [0.29, 0.717) is 62.3 Å². The summed E-state index contributed by atoms with van der Waals surface area (Å²) in [5, 5.41) is 29.9. The molecule has 1 fully saturated rings. The molecule has 6 heterocycles. The maximum atomic E-state index is 14.7. The van der Waals surface area contributed by atoms with Crippen molar-refractivity contribution in [3.05, 3.63) is 109 Å². The number of hydrogen-bond donors (Lipinski definition) is 10. The summed E-state index contributed by atoms with van der Waals surface area (Å²) < 4.78 is 63.4. The monoisotopic (exact) mass is 1270 g/mol. The summed E-state index contributed by atoms with van der Waals surface area (Å²) in [4.78, 5) is 92.5. The molecule has 3 aromatic carbocycles. The van der Waals surface area contributed by atoms with Crippen LogP contribution in [-0.4, -0.2) is 142 Å². The van der Waals surface area contributed by atoms with Crippen LogP contribution in [0.4, 0.5) is 17.6 Å². The summed E-state index contributed by atoms with van der Waals surface area (Å²) >= 11 is 0. The number of nitrogen functional groups attached to an aromatic ring is 1. The van der Waals surface area contributed by atoms with Crippen LogP contribution in [0, 0.1) is 0 Å². The largest absolute Gasteiger partial charge is 0.490 e. The first-order valence-corrected chi connectivity index (χ1v) is 33.2. The van der Waals surface area contributed by atoms with Crippen molar-refractivity contribution in [3.63, 3.8) is 0 Å². The number of phosphoric acid groups is 3. The third kappa shape index (κ3) is 13.9. The van der Waals surface area contributed by atoms with E-state index in [-0.39, 0.29) is 58.9 Å². The van der Waals surface area contributed by atoms with Crippen molar-refractivity contribution in [1.29, 1.82) is 0 Å². The summed E-state index contributed by atoms with van der Waals surface area (Å²) in [6.07, 6.45) is 0.904. The van der Waals surface area contributed by atoms with E-state index in [4.69, 9.17) is 25.0 Å². The van der Waals surface area contributed by atoms with Crippen LogP contribution in [0.1, 0.15) is 133 Å². The number of likely N-dealkylation sites (N-methyl/N-ethyl adjacent to an activating group) is 2. The van der Waals surface area contributed by atoms with Crippen molar-refractivity contribution in [2.75, 3.05) is 62.3 Å². The second kappa shape index (κ2) is 25.2. The molecule has 0 saturated carbocycles. The number of fused-ring (bicyclic) bond motifs is 5. The van der Waals surface area contributed by atoms with Crippen LogP contribution in [0.3, 0.4) is 0 Å². The molecular formula is C57H76N10O17P3+. The molecule has 5 aromatic rings. The Morgan fingerprint density at radius 1 is 0.851 bits per heavy atom. The van der Waals surface area contributed by atoms with Crippen molar-refractivity contribution in [2.45, 2.75) is 130 Å². The number of nitrogens with zero attached hydrogens (tertiary/aromatic N) is 6. The Bertz CT molecular complexity index is 3950. The number of aliphatic hydroxyl groups excluding tert-OH is 2. The van der Waals surface area contributed by atoms with Gasteiger partial charge in [-0.05, 0) is 102 Å². The van der Waals surface area contributed by atoms with E-state index in [9.17, 15) is 48.1 Å². The van der Waals surface area contributed by atoms with Crippen molar-refractivity contribution in [1.82, 2.24) is 34.3 Å². The molecule has 4 aliphatic rings. The normalized spacial score (nSPS) is 20.7. The Morgan fingerprint density at radius 3 is 2.25 bits per heavy atom. The second-order valence-electron chi connectivity index (χ2n) is 23.1. The van der Waals surface area contributed by atoms with Gasteiger partial charge in [0.15, 0.2) is 22.9 Å². The lowest BCUT2D eigenvalue weighted by Crippen LogP contribution is -2.49. The molecule has 27 nitrogen and oxygen atoms in total. The van der Waals surface area contributed by atoms with Crippen LogP contribution in [-0.2, 0) is 36.4 Å². The zero-order chi connectivity index (χ0) is 63.3. The SMILES string of the molecule is CCN1c2cc3c(cc2C(C)=CC1(C)C)C(c1ccccc1C(=O)N(C)CCCC(=O)NCCCCCCNc1nc2c(=O)[nH]c(N)nc2n1[C@@H]1O[C@H](COP(=O)(O)OP(=O)(O)OP(=O)(O)O)[C@@H](O)[C@H]1O)=c1cc2c(cc1O3)=[N+](CC)C(C)(C)C=C2C. The molecule has 0 spiro atoms. The average Bonchev–Trinajstić information content (AvgIpc) is 1.23. The molecule has 87 heavy (non-hydrogen) atoms. The van der Waals surface area contributed by atoms with Gasteiger partial charge in [-0.25, -0.2) is 23.3 Å². The summed E-state index contributed by atoms with van der Waals surface area (Å²) in [5.74, 6) is 0.726. The molecule has 470 valence electrons. The number of imidazole rings is 1. The predicted molar refractivity (Wildman–Crippen MR) is 325 cm³/mol. The standard InChI is InChI=1S/C57H75N10O17P3/c1-10-65-40-27-42-38(25-36(40)32(3)29-56(65,5)6)46(39-26-37-33(4)30-57(7,8)66(11-2)41(37)28-43(39)81-42)34-19-14-15-20-35(34)52(72)64(9)24-18-21-45(68)59-22-16-12-13-17-23-60-55-61-47-50(62-54(58)63-51(47)71)67(55)53-49(70)48(69)44(82-53)31-80-86(76,77)84-87(78,79)83-85(73,74)75/h14-15,19-20,25-30,44,48-49,53,69-70H,10-13,16-18,21-24,31H2,1-9H3,(H8,58,59,63,68,71,72,73,74,75,76,77,78,79)/p+1/t44-,48-,49-,53-/m1/s1. The number of phosphoric ester groups is 1. The van der Waals surface area contributed by atoms with Crippen molar-refractivity contribution < 1.29 is 75.7 Å². The van der Waals surface area contributed by atoms with Crippen molar-refractivity contribution in [2.24, 2.45) is 0 Å². The fourth-order valence-electron chi connectivity index (χ4n) is 12.2. The summed E-state index contributed by atoms with van der Waals surface area (Å²) in [7, 11) is -15.4. The maximum Gasteiger partial charge on any atom is 0.490 e. The molecule has 9 rings (SSSR count). The lowest BCUT2D eigenvalue weighted by Gasteiger charge is -2.43. The highest BCUT2D eigenvalue weighted by Gasteiger charge is 2.48. The fourth-order valence-corrected chi connectivity index (χ4v) is 15.2. The van der Waals surface area contributed by atoms with Crippen molar-refractivity contribution >= 4 is 80.7 Å². The second-order valence-corrected chi connectivity index (χ2v) is 27.5. The molecule has 4 aliphatic heterocycles. The number of amides is 2. The Hall–Kier alpha value is -6.41. The van der Waals surface area contributed by atoms with Gasteiger partial charge in [-0.2, -0.15) is 13.6 Å². The van der Waals surface area contributed by atoms with Crippen LogP contribution < -0.4 is 46.7 Å². The fraction of sp³-hybridized carbons (Fsp3) is 0.474. The third-order valence-corrected chi connectivity index (χ3v) is 19.7. The number of ether oxygens (including phenoxy) is 2. The number of unbranched alkanes of at least 4 members (excludes halogenated alkanes) is 3. The Morgan fingerprint density at radius 2 is 1.55 bits per heavy atom. The van der Waals surface area contributed by atoms with Crippen LogP contribution in [0.5, 0.6) is 11.5 Å². The lowest BCUT2D eigenvalue weighted by atomic mass is 9.83. The minimum absolute atomic E-state index is 0.0465. The smallest absolute Gasteiger partial charge is 0.456 e. The van der Waals surface area contributed by atoms with E-state index in [1.165, 1.54) is 0 Å². The number of anilines is 3. The molecule has 0 radical (unpaired) electrons. The summed E-state index contributed by atoms with van der Waals surface area (Å²) in [5.41, 5.74) is 13.0. The van der Waals surface area contributed by atoms with Gasteiger partial charge in [-0.3, -0.25) is 28.5 Å². The van der Waals surface area contributed by atoms with Crippen LogP contribution in [0.2, 0.25) is 0 Å². The van der Waals surface area contributed by atoms with Crippen LogP contribution in [0.15, 0.2) is 65.5 Å². The zero-order valence-corrected chi connectivity index (χ0v) is 52.5. The first-order chi connectivity index (χ1) is 40.8. The number of carbonyl (C=O) groups excluding carboxylic acids is 2. The number of nitrogens with one attached hydrogen (secondary N) is 3. The average molecular weight is 1270 g/mol. The minimum Gasteiger partial charge on any atom is -0.456 e. The van der Waals surface area contributed by atoms with E-state index in [1.54, 1.807) is 11.9 Å². The number of benzene rings is 3. The van der Waals surface area contributed by atoms with Gasteiger partial charge in [0.05, 0.1) is 18.2 Å². The number of carbonyl (C=O) groups is 2. The Labute approximate surface area is 501 Å². The van der Waals surface area contributed by atoms with Crippen LogP contribution in [0.25, 0.3) is 27.9 Å². The highest BCUT2D eigenvalue weighted by molar-refractivity contribution is 7.66. The summed E-state index contributed by atoms with van der Waals surface area (Å²) in [6, 6.07) is 16.5. The van der Waals surface area contributed by atoms with Crippen molar-refractivity contribution in [3.8, 4) is 11.5 Å². The number of nitrogens with two attached hydrogens (primary N) is 1. The van der Waals surface area contributed by atoms with Gasteiger partial charge < -0.3 is 65.4 Å². The van der Waals surface area contributed by atoms with E-state index >= 15 is 0 Å². The first-order valence-electron chi connectivity index (χ1n) is 28.6. The molecular weight excluding hydrogens is 1190 g/mol. The van der Waals surface area contributed by atoms with Gasteiger partial charge in [0.2, 0.25) is 23.2 Å². The number of aliphatic hydroxyl groups is 2. The van der Waals surface area contributed by atoms with Gasteiger partial charge in [-0.15, -0.1) is 0 Å². The third-order valence-electron chi connectivity index (χ3n) is 15.9. The number of rotatable bonds is 24. The Balaban J connectivity index is 0.807. The molecule has 1 saturated heterocycles. The van der Waals surface area contributed by atoms with E-state index < -0.39 is 60.2 Å². The van der Waals surface area contributed by atoms with E-state index in [2.05, 4.69) is 140 Å². The molecule has 0 aliphatic carbocycles. The first kappa shape index (κ1) is 65.0. The molecule has 30 heteroatoms. The molecule has 2 aromatic heterocycles. The van der Waals surface area contributed by atoms with Gasteiger partial charge in [0, 0.05) is 98.3 Å². The predicted octanol–water partition coefficient (Wildman–Crippen LogP) is 5.39. The summed E-state index contributed by atoms with van der Waals surface area (Å²) in [6.45, 7) is 19.0. The Kier molecular flexibility index (Phi) is 18.9. The number of aromatic nitrogens is 4. The highest BCUT2D eigenvalue weighted by atomic mass is 31.3. The minimum atomic E-state index is -5.85. The number of H-pyrrole nitrogens is 1. The molecule has 11 N–H and O–H groups in total. The van der Waals surface area contributed by atoms with Gasteiger partial charge >= 0.3 is 23.5 Å². The van der Waals surface area contributed by atoms with Gasteiger partial charge in [0.1, 0.15) is 36.4 Å². The number of aromatic amines is 1.